The van der Waals surface area contributed by atoms with Gasteiger partial charge in [0.15, 0.2) is 0 Å². The lowest BCUT2D eigenvalue weighted by atomic mass is 10.1. The number of rotatable bonds is 2. The molecule has 0 unspecified atom stereocenters. The molecule has 1 aromatic rings. The standard InChI is InChI=1S/C16H14/c1-14-8-10-16(11-9-14)13-12-15-6-4-2-3-5-7-15/h2,4-13H,1H3/b13-12+. The van der Waals surface area contributed by atoms with Gasteiger partial charge in [-0.25, -0.2) is 0 Å². The summed E-state index contributed by atoms with van der Waals surface area (Å²) in [6.45, 7) is 2.10. The zero-order chi connectivity index (χ0) is 11.2. The second kappa shape index (κ2) is 5.16. The Balaban J connectivity index is 2.13. The highest BCUT2D eigenvalue weighted by Crippen LogP contribution is 2.09. The Bertz CT molecular complexity index is 501. The van der Waals surface area contributed by atoms with Crippen molar-refractivity contribution in [1.82, 2.24) is 0 Å². The fourth-order valence-corrected chi connectivity index (χ4v) is 1.45. The quantitative estimate of drug-likeness (QED) is 0.636. The van der Waals surface area contributed by atoms with Crippen LogP contribution in [0.4, 0.5) is 0 Å². The molecule has 1 aliphatic carbocycles. The van der Waals surface area contributed by atoms with Crippen molar-refractivity contribution in [2.75, 3.05) is 0 Å². The molecule has 0 atom stereocenters. The van der Waals surface area contributed by atoms with Crippen molar-refractivity contribution in [2.45, 2.75) is 6.92 Å². The van der Waals surface area contributed by atoms with Gasteiger partial charge in [-0.15, -0.1) is 5.73 Å². The molecular formula is C16H14. The molecule has 0 aliphatic heterocycles. The fourth-order valence-electron chi connectivity index (χ4n) is 1.45. The second-order valence-corrected chi connectivity index (χ2v) is 3.77. The SMILES string of the molecule is Cc1ccc(/C=C/C2=CC=C=CC=C2)cc1. The molecule has 0 amide bonds. The molecule has 0 radical (unpaired) electrons. The predicted molar refractivity (Wildman–Crippen MR) is 70.1 cm³/mol. The van der Waals surface area contributed by atoms with Crippen molar-refractivity contribution in [1.29, 1.82) is 0 Å². The largest absolute Gasteiger partial charge is 0.121 e. The van der Waals surface area contributed by atoms with E-state index in [4.69, 9.17) is 0 Å². The van der Waals surface area contributed by atoms with Crippen molar-refractivity contribution in [3.63, 3.8) is 0 Å². The van der Waals surface area contributed by atoms with E-state index in [9.17, 15) is 0 Å². The van der Waals surface area contributed by atoms with Crippen molar-refractivity contribution < 1.29 is 0 Å². The maximum atomic E-state index is 3.04. The van der Waals surface area contributed by atoms with Crippen LogP contribution >= 0.6 is 0 Å². The van der Waals surface area contributed by atoms with Crippen molar-refractivity contribution in [2.24, 2.45) is 0 Å². The van der Waals surface area contributed by atoms with E-state index in [2.05, 4.69) is 55.1 Å². The van der Waals surface area contributed by atoms with E-state index in [-0.39, 0.29) is 0 Å². The first kappa shape index (κ1) is 10.5. The summed E-state index contributed by atoms with van der Waals surface area (Å²) in [5.41, 5.74) is 6.73. The van der Waals surface area contributed by atoms with E-state index < -0.39 is 0 Å². The number of aryl methyl sites for hydroxylation is 1. The third-order valence-electron chi connectivity index (χ3n) is 2.40. The molecule has 0 saturated carbocycles. The summed E-state index contributed by atoms with van der Waals surface area (Å²) in [4.78, 5) is 0. The Labute approximate surface area is 96.6 Å². The van der Waals surface area contributed by atoms with E-state index in [0.29, 0.717) is 0 Å². The van der Waals surface area contributed by atoms with Gasteiger partial charge in [0, 0.05) is 0 Å². The molecule has 0 nitrogen and oxygen atoms in total. The normalized spacial score (nSPS) is 14.2. The molecule has 0 fully saturated rings. The Hall–Kier alpha value is -2.04. The summed E-state index contributed by atoms with van der Waals surface area (Å²) in [6.07, 6.45) is 14.2. The number of benzene rings is 1. The van der Waals surface area contributed by atoms with Crippen LogP contribution in [-0.4, -0.2) is 0 Å². The lowest BCUT2D eigenvalue weighted by Crippen LogP contribution is -1.74. The smallest absolute Gasteiger partial charge is 0.0194 e. The highest BCUT2D eigenvalue weighted by atomic mass is 13.9. The maximum Gasteiger partial charge on any atom is -0.0194 e. The first-order valence-corrected chi connectivity index (χ1v) is 5.39. The fraction of sp³-hybridized carbons (Fsp3) is 0.0625. The minimum Gasteiger partial charge on any atom is -0.121 e. The van der Waals surface area contributed by atoms with E-state index in [1.54, 1.807) is 0 Å². The van der Waals surface area contributed by atoms with E-state index in [0.717, 1.165) is 0 Å². The van der Waals surface area contributed by atoms with Crippen LogP contribution in [0.25, 0.3) is 6.08 Å². The topological polar surface area (TPSA) is 0 Å². The molecule has 0 bridgehead atoms. The van der Waals surface area contributed by atoms with Crippen molar-refractivity contribution in [3.8, 4) is 0 Å². The van der Waals surface area contributed by atoms with Crippen LogP contribution in [-0.2, 0) is 0 Å². The van der Waals surface area contributed by atoms with Gasteiger partial charge in [-0.3, -0.25) is 0 Å². The molecule has 0 heteroatoms. The maximum absolute atomic E-state index is 3.04. The molecule has 16 heavy (non-hydrogen) atoms. The van der Waals surface area contributed by atoms with Crippen LogP contribution in [0, 0.1) is 6.92 Å². The molecule has 1 aliphatic rings. The molecule has 0 heterocycles. The van der Waals surface area contributed by atoms with Crippen LogP contribution < -0.4 is 0 Å². The Morgan fingerprint density at radius 1 is 1.00 bits per heavy atom. The molecule has 78 valence electrons. The van der Waals surface area contributed by atoms with Crippen LogP contribution in [0.15, 0.2) is 72.0 Å². The van der Waals surface area contributed by atoms with E-state index >= 15 is 0 Å². The van der Waals surface area contributed by atoms with E-state index in [1.165, 1.54) is 16.7 Å². The summed E-state index contributed by atoms with van der Waals surface area (Å²) >= 11 is 0. The van der Waals surface area contributed by atoms with Crippen molar-refractivity contribution in [3.05, 3.63) is 83.2 Å². The second-order valence-electron chi connectivity index (χ2n) is 3.77. The molecule has 2 rings (SSSR count). The van der Waals surface area contributed by atoms with Gasteiger partial charge in [-0.1, -0.05) is 54.1 Å². The zero-order valence-corrected chi connectivity index (χ0v) is 9.35. The van der Waals surface area contributed by atoms with Gasteiger partial charge in [0.1, 0.15) is 0 Å². The molecule has 1 aromatic carbocycles. The number of allylic oxidation sites excluding steroid dienone is 6. The average Bonchev–Trinajstić information content (AvgIpc) is 2.57. The summed E-state index contributed by atoms with van der Waals surface area (Å²) in [5, 5.41) is 0. The summed E-state index contributed by atoms with van der Waals surface area (Å²) in [5.74, 6) is 0. The molecular weight excluding hydrogens is 192 g/mol. The monoisotopic (exact) mass is 206 g/mol. The zero-order valence-electron chi connectivity index (χ0n) is 9.35. The van der Waals surface area contributed by atoms with Crippen molar-refractivity contribution >= 4 is 6.08 Å². The van der Waals surface area contributed by atoms with Gasteiger partial charge >= 0.3 is 0 Å². The minimum atomic E-state index is 1.18. The van der Waals surface area contributed by atoms with Gasteiger partial charge in [-0.05, 0) is 36.3 Å². The Morgan fingerprint density at radius 2 is 1.81 bits per heavy atom. The highest BCUT2D eigenvalue weighted by molar-refractivity contribution is 5.55. The van der Waals surface area contributed by atoms with Gasteiger partial charge < -0.3 is 0 Å². The van der Waals surface area contributed by atoms with Gasteiger partial charge in [0.25, 0.3) is 0 Å². The third-order valence-corrected chi connectivity index (χ3v) is 2.40. The van der Waals surface area contributed by atoms with Gasteiger partial charge in [0.05, 0.1) is 0 Å². The molecule has 0 N–H and O–H groups in total. The molecule has 0 saturated heterocycles. The average molecular weight is 206 g/mol. The number of hydrogen-bond donors (Lipinski definition) is 0. The minimum absolute atomic E-state index is 1.18. The Morgan fingerprint density at radius 3 is 2.62 bits per heavy atom. The lowest BCUT2D eigenvalue weighted by molar-refractivity contribution is 1.46. The first-order chi connectivity index (χ1) is 7.84. The summed E-state index contributed by atoms with van der Waals surface area (Å²) in [6, 6.07) is 8.50. The van der Waals surface area contributed by atoms with Crippen LogP contribution in [0.3, 0.4) is 0 Å². The molecule has 0 aromatic heterocycles. The third kappa shape index (κ3) is 2.98. The lowest BCUT2D eigenvalue weighted by Gasteiger charge is -1.95. The number of hydrogen-bond acceptors (Lipinski definition) is 0. The van der Waals surface area contributed by atoms with Crippen LogP contribution in [0.2, 0.25) is 0 Å². The highest BCUT2D eigenvalue weighted by Gasteiger charge is 1.88. The van der Waals surface area contributed by atoms with Crippen LogP contribution in [0.5, 0.6) is 0 Å². The molecule has 0 spiro atoms. The summed E-state index contributed by atoms with van der Waals surface area (Å²) in [7, 11) is 0. The van der Waals surface area contributed by atoms with Crippen LogP contribution in [0.1, 0.15) is 11.1 Å². The van der Waals surface area contributed by atoms with Gasteiger partial charge in [0.2, 0.25) is 0 Å². The van der Waals surface area contributed by atoms with E-state index in [1.807, 2.05) is 24.3 Å². The Kier molecular flexibility index (Phi) is 3.38. The first-order valence-electron chi connectivity index (χ1n) is 5.39. The van der Waals surface area contributed by atoms with Gasteiger partial charge in [-0.2, -0.15) is 0 Å². The predicted octanol–water partition coefficient (Wildman–Crippen LogP) is 4.22. The summed E-state index contributed by atoms with van der Waals surface area (Å²) < 4.78 is 0.